The molecule has 1 aliphatic rings. The molecule has 4 aromatic rings. The van der Waals surface area contributed by atoms with Crippen molar-refractivity contribution >= 4 is 35.3 Å². The van der Waals surface area contributed by atoms with Crippen LogP contribution in [0.4, 0.5) is 11.4 Å². The first-order valence-corrected chi connectivity index (χ1v) is 14.4. The van der Waals surface area contributed by atoms with E-state index in [2.05, 4.69) is 0 Å². The number of carbonyl (C=O) groups excluding carboxylic acids is 4. The summed E-state index contributed by atoms with van der Waals surface area (Å²) < 4.78 is 33.2. The summed E-state index contributed by atoms with van der Waals surface area (Å²) in [4.78, 5) is 78.3. The Morgan fingerprint density at radius 3 is 1.28 bits per heavy atom. The maximum Gasteiger partial charge on any atom is 0.344 e. The molecule has 16 heteroatoms. The minimum absolute atomic E-state index is 0.0689. The first-order chi connectivity index (χ1) is 23.8. The molecule has 1 aliphatic heterocycles. The van der Waals surface area contributed by atoms with Gasteiger partial charge in [-0.1, -0.05) is 12.1 Å². The van der Waals surface area contributed by atoms with Crippen LogP contribution in [0.15, 0.2) is 48.5 Å². The van der Waals surface area contributed by atoms with Crippen molar-refractivity contribution in [2.75, 3.05) is 28.4 Å². The average molecular weight is 687 g/mol. The molecule has 256 valence electrons. The second kappa shape index (κ2) is 13.3. The Bertz CT molecular complexity index is 2020. The molecular formula is C34H26N2O14. The molecule has 0 amide bonds. The van der Waals surface area contributed by atoms with Crippen LogP contribution in [0.2, 0.25) is 0 Å². The predicted octanol–water partition coefficient (Wildman–Crippen LogP) is 5.80. The van der Waals surface area contributed by atoms with Gasteiger partial charge in [0.25, 0.3) is 11.4 Å². The summed E-state index contributed by atoms with van der Waals surface area (Å²) in [6.07, 6.45) is 0. The lowest BCUT2D eigenvalue weighted by Gasteiger charge is -2.25. The number of fused-ring (bicyclic) bond motifs is 6. The number of nitro benzene ring substituents is 2. The third-order valence-corrected chi connectivity index (χ3v) is 7.91. The number of benzene rings is 4. The van der Waals surface area contributed by atoms with Crippen molar-refractivity contribution in [2.45, 2.75) is 13.8 Å². The molecule has 5 rings (SSSR count). The lowest BCUT2D eigenvalue weighted by atomic mass is 9.90. The molecule has 50 heavy (non-hydrogen) atoms. The van der Waals surface area contributed by atoms with Gasteiger partial charge >= 0.3 is 23.9 Å². The molecule has 1 heterocycles. The maximum absolute atomic E-state index is 14.3. The molecule has 0 aliphatic carbocycles. The lowest BCUT2D eigenvalue weighted by molar-refractivity contribution is -0.386. The van der Waals surface area contributed by atoms with Crippen LogP contribution in [-0.4, -0.2) is 62.2 Å². The summed E-state index contributed by atoms with van der Waals surface area (Å²) in [5.41, 5.74) is -4.86. The van der Waals surface area contributed by atoms with E-state index in [1.807, 2.05) is 0 Å². The Morgan fingerprint density at radius 1 is 0.620 bits per heavy atom. The maximum atomic E-state index is 14.3. The van der Waals surface area contributed by atoms with Gasteiger partial charge in [0.1, 0.15) is 22.6 Å². The van der Waals surface area contributed by atoms with Gasteiger partial charge in [-0.3, -0.25) is 20.2 Å². The number of hydrogen-bond donors (Lipinski definition) is 0. The van der Waals surface area contributed by atoms with Gasteiger partial charge in [-0.15, -0.1) is 0 Å². The number of nitro groups is 2. The fraction of sp³-hybridized carbons (Fsp3) is 0.176. The van der Waals surface area contributed by atoms with Gasteiger partial charge < -0.3 is 28.4 Å². The standard InChI is InChI=1S/C34H26N2O14/c1-15-13-21(45-3)27-28-22(46-4)14-16(2)24(34(40)48-6)30(28)50-32(38)18-10-8-12-20(36(43)44)26(18)25-17(9-7-11-19(25)35(41)42)31(37)49-29(27)23(15)33(39)47-5/h7-14H,1-6H3. The molecule has 0 saturated carbocycles. The Morgan fingerprint density at radius 2 is 0.980 bits per heavy atom. The SMILES string of the molecule is COC(=O)c1c(C)cc(OC)c2c1OC(=O)c1cccc([N+](=O)[O-])c1-c1c(cccc1[N+](=O)[O-])C(=O)Oc1c(C(=O)OC)c(C)cc(OC)c1-2. The largest absolute Gasteiger partial charge is 0.496 e. The highest BCUT2D eigenvalue weighted by Gasteiger charge is 2.39. The molecule has 0 bridgehead atoms. The zero-order valence-electron chi connectivity index (χ0n) is 27.2. The summed E-state index contributed by atoms with van der Waals surface area (Å²) in [5, 5.41) is 24.8. The highest BCUT2D eigenvalue weighted by Crippen LogP contribution is 2.53. The van der Waals surface area contributed by atoms with E-state index in [1.54, 1.807) is 0 Å². The van der Waals surface area contributed by atoms with E-state index in [1.165, 1.54) is 40.2 Å². The van der Waals surface area contributed by atoms with E-state index in [9.17, 15) is 39.4 Å². The quantitative estimate of drug-likeness (QED) is 0.102. The second-order valence-electron chi connectivity index (χ2n) is 10.6. The van der Waals surface area contributed by atoms with Crippen LogP contribution in [0.25, 0.3) is 22.3 Å². The number of aryl methyl sites for hydroxylation is 2. The summed E-state index contributed by atoms with van der Waals surface area (Å²) in [6, 6.07) is 9.21. The van der Waals surface area contributed by atoms with Crippen molar-refractivity contribution in [1.29, 1.82) is 0 Å². The fourth-order valence-corrected chi connectivity index (χ4v) is 5.77. The molecule has 16 nitrogen and oxygen atoms in total. The van der Waals surface area contributed by atoms with Crippen molar-refractivity contribution in [2.24, 2.45) is 0 Å². The van der Waals surface area contributed by atoms with Crippen molar-refractivity contribution < 1.29 is 57.4 Å². The van der Waals surface area contributed by atoms with E-state index >= 15 is 0 Å². The van der Waals surface area contributed by atoms with E-state index in [0.29, 0.717) is 0 Å². The topological polar surface area (TPSA) is 210 Å². The fourth-order valence-electron chi connectivity index (χ4n) is 5.77. The van der Waals surface area contributed by atoms with Crippen molar-refractivity contribution in [3.05, 3.63) is 102 Å². The molecule has 0 atom stereocenters. The summed E-state index contributed by atoms with van der Waals surface area (Å²) in [6.45, 7) is 2.95. The lowest BCUT2D eigenvalue weighted by Crippen LogP contribution is -2.20. The number of carbonyl (C=O) groups is 4. The van der Waals surface area contributed by atoms with Gasteiger partial charge in [-0.2, -0.15) is 0 Å². The summed E-state index contributed by atoms with van der Waals surface area (Å²) in [5.74, 6) is -5.90. The van der Waals surface area contributed by atoms with Crippen LogP contribution in [0.5, 0.6) is 23.0 Å². The zero-order chi connectivity index (χ0) is 36.6. The Balaban J connectivity index is 2.11. The smallest absolute Gasteiger partial charge is 0.344 e. The minimum atomic E-state index is -1.33. The molecular weight excluding hydrogens is 660 g/mol. The van der Waals surface area contributed by atoms with Crippen molar-refractivity contribution in [3.8, 4) is 45.3 Å². The van der Waals surface area contributed by atoms with E-state index in [-0.39, 0.29) is 44.9 Å². The Labute approximate surface area is 282 Å². The normalized spacial score (nSPS) is 11.9. The van der Waals surface area contributed by atoms with Gasteiger partial charge in [0.05, 0.1) is 71.7 Å². The first-order valence-electron chi connectivity index (χ1n) is 14.4. The van der Waals surface area contributed by atoms with Crippen LogP contribution in [0, 0.1) is 34.1 Å². The molecule has 0 N–H and O–H groups in total. The molecule has 0 unspecified atom stereocenters. The van der Waals surface area contributed by atoms with E-state index in [0.717, 1.165) is 50.6 Å². The number of methoxy groups -OCH3 is 4. The summed E-state index contributed by atoms with van der Waals surface area (Å²) in [7, 11) is 4.65. The van der Waals surface area contributed by atoms with E-state index in [4.69, 9.17) is 28.4 Å². The number of rotatable bonds is 6. The molecule has 0 radical (unpaired) electrons. The van der Waals surface area contributed by atoms with Gasteiger partial charge in [0.2, 0.25) is 0 Å². The summed E-state index contributed by atoms with van der Waals surface area (Å²) >= 11 is 0. The third kappa shape index (κ3) is 5.57. The van der Waals surface area contributed by atoms with Crippen LogP contribution in [0.1, 0.15) is 52.6 Å². The van der Waals surface area contributed by atoms with Crippen LogP contribution in [-0.2, 0) is 9.47 Å². The predicted molar refractivity (Wildman–Crippen MR) is 172 cm³/mol. The molecule has 0 spiro atoms. The van der Waals surface area contributed by atoms with Crippen LogP contribution >= 0.6 is 0 Å². The minimum Gasteiger partial charge on any atom is -0.496 e. The number of ether oxygens (including phenoxy) is 6. The second-order valence-corrected chi connectivity index (χ2v) is 10.6. The molecule has 4 aromatic carbocycles. The van der Waals surface area contributed by atoms with Gasteiger partial charge in [-0.25, -0.2) is 19.2 Å². The van der Waals surface area contributed by atoms with Gasteiger partial charge in [0.15, 0.2) is 11.5 Å². The Hall–Kier alpha value is -6.84. The van der Waals surface area contributed by atoms with Gasteiger partial charge in [-0.05, 0) is 49.2 Å². The monoisotopic (exact) mass is 686 g/mol. The average Bonchev–Trinajstić information content (AvgIpc) is 3.09. The third-order valence-electron chi connectivity index (χ3n) is 7.91. The highest BCUT2D eigenvalue weighted by molar-refractivity contribution is 6.12. The zero-order valence-corrected chi connectivity index (χ0v) is 27.2. The molecule has 0 fully saturated rings. The Kier molecular flexibility index (Phi) is 9.21. The van der Waals surface area contributed by atoms with E-state index < -0.39 is 78.9 Å². The van der Waals surface area contributed by atoms with Gasteiger partial charge in [0, 0.05) is 12.1 Å². The van der Waals surface area contributed by atoms with Crippen LogP contribution < -0.4 is 18.9 Å². The van der Waals surface area contributed by atoms with Crippen molar-refractivity contribution in [3.63, 3.8) is 0 Å². The number of hydrogen-bond acceptors (Lipinski definition) is 14. The molecule has 0 aromatic heterocycles. The first kappa shape index (κ1) is 34.5. The van der Waals surface area contributed by atoms with Crippen LogP contribution in [0.3, 0.4) is 0 Å². The van der Waals surface area contributed by atoms with Crippen molar-refractivity contribution in [1.82, 2.24) is 0 Å². The number of nitrogens with zero attached hydrogens (tertiary/aromatic N) is 2. The molecule has 0 saturated heterocycles. The number of esters is 4. The highest BCUT2D eigenvalue weighted by atomic mass is 16.6.